The molecule has 0 aromatic carbocycles. The number of nitrogens with zero attached hydrogens (tertiary/aromatic N) is 1. The topological polar surface area (TPSA) is 23.5 Å². The van der Waals surface area contributed by atoms with Gasteiger partial charge in [0.1, 0.15) is 0 Å². The van der Waals surface area contributed by atoms with Gasteiger partial charge in [0.15, 0.2) is 0 Å². The normalized spacial score (nSPS) is 20.0. The lowest BCUT2D eigenvalue weighted by atomic mass is 9.80. The van der Waals surface area contributed by atoms with Crippen LogP contribution in [0.4, 0.5) is 0 Å². The quantitative estimate of drug-likeness (QED) is 0.263. The van der Waals surface area contributed by atoms with Crippen LogP contribution in [0, 0.1) is 25.7 Å². The Hall–Kier alpha value is -1.70. The molecule has 2 unspecified atom stereocenters. The van der Waals surface area contributed by atoms with Crippen LogP contribution < -0.4 is 0 Å². The highest BCUT2D eigenvalue weighted by molar-refractivity contribution is 7.12. The maximum Gasteiger partial charge on any atom is 0.233 e. The van der Waals surface area contributed by atoms with Crippen LogP contribution in [-0.2, 0) is 6.54 Å². The molecular formula is C25H37NOS. The van der Waals surface area contributed by atoms with Crippen LogP contribution in [0.2, 0.25) is 0 Å². The van der Waals surface area contributed by atoms with Crippen LogP contribution >= 0.6 is 11.3 Å². The molecule has 1 heterocycles. The highest BCUT2D eigenvalue weighted by Gasteiger charge is 2.24. The summed E-state index contributed by atoms with van der Waals surface area (Å²) in [7, 11) is 0. The van der Waals surface area contributed by atoms with E-state index in [0.717, 1.165) is 25.4 Å². The lowest BCUT2D eigenvalue weighted by Gasteiger charge is -2.33. The fraction of sp³-hybridized carbons (Fsp3) is 0.560. The van der Waals surface area contributed by atoms with Crippen molar-refractivity contribution in [3.8, 4) is 0 Å². The maximum atomic E-state index is 10.5. The zero-order chi connectivity index (χ0) is 20.5. The van der Waals surface area contributed by atoms with E-state index in [4.69, 9.17) is 0 Å². The number of aliphatic hydroxyl groups excluding tert-OH is 1. The van der Waals surface area contributed by atoms with Gasteiger partial charge in [-0.2, -0.15) is 0 Å². The highest BCUT2D eigenvalue weighted by atomic mass is 32.1. The Labute approximate surface area is 176 Å². The molecule has 1 N–H and O–H groups in total. The molecule has 1 aliphatic carbocycles. The molecule has 1 saturated carbocycles. The minimum atomic E-state index is 0.187. The van der Waals surface area contributed by atoms with E-state index < -0.39 is 0 Å². The van der Waals surface area contributed by atoms with E-state index in [-0.39, 0.29) is 5.88 Å². The molecule has 0 amide bonds. The van der Waals surface area contributed by atoms with E-state index in [2.05, 4.69) is 69.2 Å². The van der Waals surface area contributed by atoms with Gasteiger partial charge in [0, 0.05) is 16.3 Å². The summed E-state index contributed by atoms with van der Waals surface area (Å²) >= 11 is 1.84. The molecule has 2 nitrogen and oxygen atoms in total. The molecule has 1 aromatic rings. The minimum absolute atomic E-state index is 0.187. The zero-order valence-electron chi connectivity index (χ0n) is 18.1. The first-order valence-electron chi connectivity index (χ1n) is 10.8. The summed E-state index contributed by atoms with van der Waals surface area (Å²) in [5.74, 6) is 1.68. The molecule has 0 aliphatic heterocycles. The van der Waals surface area contributed by atoms with Crippen molar-refractivity contribution in [2.24, 2.45) is 11.8 Å². The average molecular weight is 400 g/mol. The summed E-state index contributed by atoms with van der Waals surface area (Å²) in [5, 5.41) is 10.5. The number of thiophene rings is 1. The SMILES string of the molecule is C=C=C(O)N(Cc1sc(C)c(/C=C\C=C/CC)c1C)CC1CCCC(CC)C1. The largest absolute Gasteiger partial charge is 0.489 e. The first-order valence-corrected chi connectivity index (χ1v) is 11.6. The van der Waals surface area contributed by atoms with Crippen molar-refractivity contribution in [2.45, 2.75) is 72.8 Å². The van der Waals surface area contributed by atoms with Gasteiger partial charge in [0.2, 0.25) is 5.88 Å². The molecule has 28 heavy (non-hydrogen) atoms. The Morgan fingerprint density at radius 1 is 1.25 bits per heavy atom. The average Bonchev–Trinajstić information content (AvgIpc) is 2.97. The van der Waals surface area contributed by atoms with E-state index in [1.165, 1.54) is 53.0 Å². The molecule has 2 rings (SSSR count). The fourth-order valence-electron chi connectivity index (χ4n) is 4.25. The van der Waals surface area contributed by atoms with Gasteiger partial charge in [-0.3, -0.25) is 0 Å². The van der Waals surface area contributed by atoms with E-state index in [9.17, 15) is 5.11 Å². The van der Waals surface area contributed by atoms with Crippen LogP contribution in [0.5, 0.6) is 0 Å². The van der Waals surface area contributed by atoms with Crippen molar-refractivity contribution in [2.75, 3.05) is 6.54 Å². The molecule has 0 radical (unpaired) electrons. The summed E-state index contributed by atoms with van der Waals surface area (Å²) in [5.41, 5.74) is 5.35. The molecule has 154 valence electrons. The summed E-state index contributed by atoms with van der Waals surface area (Å²) in [4.78, 5) is 4.74. The van der Waals surface area contributed by atoms with Gasteiger partial charge < -0.3 is 10.0 Å². The van der Waals surface area contributed by atoms with Gasteiger partial charge in [-0.1, -0.05) is 69.7 Å². The van der Waals surface area contributed by atoms with Crippen molar-refractivity contribution >= 4 is 17.4 Å². The molecular weight excluding hydrogens is 362 g/mol. The van der Waals surface area contributed by atoms with Crippen LogP contribution in [0.15, 0.2) is 36.4 Å². The Morgan fingerprint density at radius 2 is 2.00 bits per heavy atom. The van der Waals surface area contributed by atoms with Crippen molar-refractivity contribution in [3.05, 3.63) is 57.3 Å². The van der Waals surface area contributed by atoms with Crippen molar-refractivity contribution in [3.63, 3.8) is 0 Å². The highest BCUT2D eigenvalue weighted by Crippen LogP contribution is 2.34. The second-order valence-electron chi connectivity index (χ2n) is 8.00. The van der Waals surface area contributed by atoms with Gasteiger partial charge in [-0.05, 0) is 56.1 Å². The van der Waals surface area contributed by atoms with Gasteiger partial charge in [0.05, 0.1) is 6.54 Å². The molecule has 0 spiro atoms. The first kappa shape index (κ1) is 22.6. The predicted octanol–water partition coefficient (Wildman–Crippen LogP) is 7.55. The molecule has 1 aromatic heterocycles. The summed E-state index contributed by atoms with van der Waals surface area (Å²) in [6, 6.07) is 0. The maximum absolute atomic E-state index is 10.5. The monoisotopic (exact) mass is 399 g/mol. The second kappa shape index (κ2) is 11.3. The van der Waals surface area contributed by atoms with Crippen LogP contribution in [0.25, 0.3) is 6.08 Å². The number of hydrogen-bond acceptors (Lipinski definition) is 3. The molecule has 2 atom stereocenters. The third-order valence-corrected chi connectivity index (χ3v) is 7.17. The lowest BCUT2D eigenvalue weighted by Crippen LogP contribution is -2.31. The van der Waals surface area contributed by atoms with Crippen molar-refractivity contribution < 1.29 is 5.11 Å². The second-order valence-corrected chi connectivity index (χ2v) is 9.31. The van der Waals surface area contributed by atoms with Crippen LogP contribution in [0.1, 0.15) is 73.3 Å². The number of hydrogen-bond donors (Lipinski definition) is 1. The van der Waals surface area contributed by atoms with E-state index in [0.29, 0.717) is 5.92 Å². The van der Waals surface area contributed by atoms with Crippen LogP contribution in [0.3, 0.4) is 0 Å². The van der Waals surface area contributed by atoms with Gasteiger partial charge in [-0.15, -0.1) is 11.3 Å². The van der Waals surface area contributed by atoms with Gasteiger partial charge >= 0.3 is 0 Å². The Balaban J connectivity index is 2.15. The number of aliphatic hydroxyl groups is 1. The standard InChI is InChI=1S/C25H37NOS/c1-6-9-10-11-15-23-19(4)24(28-20(23)5)18-26(25(27)8-3)17-22-14-12-13-21(7-2)16-22/h9-11,15,21-22,27H,3,6-7,12-14,16-18H2,1-2,4-5H3/b10-9-,15-11-. The zero-order valence-corrected chi connectivity index (χ0v) is 18.9. The smallest absolute Gasteiger partial charge is 0.233 e. The minimum Gasteiger partial charge on any atom is -0.489 e. The Kier molecular flexibility index (Phi) is 9.15. The van der Waals surface area contributed by atoms with Gasteiger partial charge in [-0.25, -0.2) is 0 Å². The first-order chi connectivity index (χ1) is 13.5. The summed E-state index contributed by atoms with van der Waals surface area (Å²) < 4.78 is 0. The van der Waals surface area contributed by atoms with Crippen LogP contribution in [-0.4, -0.2) is 16.6 Å². The number of aryl methyl sites for hydroxylation is 1. The van der Waals surface area contributed by atoms with E-state index in [1.54, 1.807) is 0 Å². The van der Waals surface area contributed by atoms with Gasteiger partial charge in [0.25, 0.3) is 0 Å². The van der Waals surface area contributed by atoms with E-state index >= 15 is 0 Å². The number of rotatable bonds is 9. The fourth-order valence-corrected chi connectivity index (χ4v) is 5.44. The predicted molar refractivity (Wildman–Crippen MR) is 124 cm³/mol. The number of allylic oxidation sites excluding steroid dienone is 3. The molecule has 1 aliphatic rings. The lowest BCUT2D eigenvalue weighted by molar-refractivity contribution is 0.141. The summed E-state index contributed by atoms with van der Waals surface area (Å²) in [6.07, 6.45) is 16.1. The third-order valence-electron chi connectivity index (χ3n) is 5.96. The molecule has 3 heteroatoms. The molecule has 0 saturated heterocycles. The molecule has 1 fully saturated rings. The van der Waals surface area contributed by atoms with Crippen molar-refractivity contribution in [1.82, 2.24) is 4.90 Å². The Bertz CT molecular complexity index is 736. The van der Waals surface area contributed by atoms with E-state index in [1.807, 2.05) is 11.3 Å². The molecule has 0 bridgehead atoms. The van der Waals surface area contributed by atoms with Crippen molar-refractivity contribution in [1.29, 1.82) is 0 Å². The third kappa shape index (κ3) is 6.15. The summed E-state index contributed by atoms with van der Waals surface area (Å²) in [6.45, 7) is 14.1. The Morgan fingerprint density at radius 3 is 2.68 bits per heavy atom.